The van der Waals surface area contributed by atoms with Gasteiger partial charge in [0.2, 0.25) is 0 Å². The highest BCUT2D eigenvalue weighted by atomic mass is 15.3. The van der Waals surface area contributed by atoms with Gasteiger partial charge in [-0.3, -0.25) is 4.99 Å². The number of benzene rings is 1. The second-order valence-corrected chi connectivity index (χ2v) is 5.08. The van der Waals surface area contributed by atoms with E-state index in [4.69, 9.17) is 4.99 Å². The maximum Gasteiger partial charge on any atom is 0.193 e. The summed E-state index contributed by atoms with van der Waals surface area (Å²) in [5, 5.41) is 6.81. The minimum absolute atomic E-state index is 0.874. The summed E-state index contributed by atoms with van der Waals surface area (Å²) in [6, 6.07) is 10.3. The van der Waals surface area contributed by atoms with E-state index in [0.717, 1.165) is 45.1 Å². The van der Waals surface area contributed by atoms with Gasteiger partial charge in [0, 0.05) is 38.4 Å². The lowest BCUT2D eigenvalue weighted by Gasteiger charge is -2.20. The van der Waals surface area contributed by atoms with Crippen LogP contribution in [0.5, 0.6) is 0 Å². The molecular formula is C16H26N4. The maximum absolute atomic E-state index is 4.72. The smallest absolute Gasteiger partial charge is 0.193 e. The monoisotopic (exact) mass is 274 g/mol. The highest BCUT2D eigenvalue weighted by Crippen LogP contribution is 2.08. The summed E-state index contributed by atoms with van der Waals surface area (Å²) in [5.74, 6) is 1.09. The van der Waals surface area contributed by atoms with Gasteiger partial charge in [0.1, 0.15) is 0 Å². The lowest BCUT2D eigenvalue weighted by Crippen LogP contribution is -2.39. The van der Waals surface area contributed by atoms with Crippen LogP contribution in [-0.4, -0.2) is 43.6 Å². The molecule has 1 aromatic rings. The van der Waals surface area contributed by atoms with Crippen molar-refractivity contribution in [1.82, 2.24) is 10.2 Å². The Morgan fingerprint density at radius 2 is 1.95 bits per heavy atom. The Kier molecular flexibility index (Phi) is 6.21. The van der Waals surface area contributed by atoms with Crippen molar-refractivity contribution in [2.45, 2.75) is 26.2 Å². The zero-order chi connectivity index (χ0) is 14.0. The number of guanidine groups is 1. The molecule has 0 unspecified atom stereocenters. The quantitative estimate of drug-likeness (QED) is 0.476. The Morgan fingerprint density at radius 1 is 1.20 bits per heavy atom. The molecule has 1 fully saturated rings. The van der Waals surface area contributed by atoms with Crippen LogP contribution in [0.4, 0.5) is 5.69 Å². The first-order chi connectivity index (χ1) is 9.90. The molecule has 1 saturated heterocycles. The molecule has 0 aliphatic carbocycles. The summed E-state index contributed by atoms with van der Waals surface area (Å²) in [4.78, 5) is 7.09. The van der Waals surface area contributed by atoms with Gasteiger partial charge in [0.15, 0.2) is 5.96 Å². The van der Waals surface area contributed by atoms with Crippen LogP contribution in [0.3, 0.4) is 0 Å². The molecule has 2 rings (SSSR count). The van der Waals surface area contributed by atoms with Crippen LogP contribution in [0.25, 0.3) is 0 Å². The van der Waals surface area contributed by atoms with Gasteiger partial charge >= 0.3 is 0 Å². The van der Waals surface area contributed by atoms with Crippen LogP contribution >= 0.6 is 0 Å². The summed E-state index contributed by atoms with van der Waals surface area (Å²) in [6.45, 7) is 7.20. The third kappa shape index (κ3) is 4.76. The summed E-state index contributed by atoms with van der Waals surface area (Å²) in [5.41, 5.74) is 1.18. The van der Waals surface area contributed by atoms with Crippen LogP contribution < -0.4 is 10.6 Å². The number of anilines is 1. The van der Waals surface area contributed by atoms with Crippen molar-refractivity contribution >= 4 is 11.6 Å². The van der Waals surface area contributed by atoms with E-state index in [-0.39, 0.29) is 0 Å². The minimum Gasteiger partial charge on any atom is -0.385 e. The summed E-state index contributed by atoms with van der Waals surface area (Å²) >= 11 is 0. The molecular weight excluding hydrogens is 248 g/mol. The lowest BCUT2D eigenvalue weighted by atomic mass is 10.3. The van der Waals surface area contributed by atoms with Gasteiger partial charge in [0.25, 0.3) is 0 Å². The van der Waals surface area contributed by atoms with E-state index >= 15 is 0 Å². The van der Waals surface area contributed by atoms with Gasteiger partial charge in [-0.25, -0.2) is 0 Å². The van der Waals surface area contributed by atoms with Gasteiger partial charge in [0.05, 0.1) is 0 Å². The Hall–Kier alpha value is -1.71. The number of nitrogens with zero attached hydrogens (tertiary/aromatic N) is 2. The van der Waals surface area contributed by atoms with Gasteiger partial charge in [-0.05, 0) is 38.3 Å². The van der Waals surface area contributed by atoms with E-state index in [2.05, 4.69) is 46.7 Å². The fourth-order valence-corrected chi connectivity index (χ4v) is 2.41. The Labute approximate surface area is 122 Å². The van der Waals surface area contributed by atoms with E-state index in [0.29, 0.717) is 0 Å². The predicted octanol–water partition coefficient (Wildman–Crippen LogP) is 2.55. The van der Waals surface area contributed by atoms with E-state index in [1.807, 2.05) is 6.07 Å². The highest BCUT2D eigenvalue weighted by molar-refractivity contribution is 5.80. The maximum atomic E-state index is 4.72. The number of hydrogen-bond donors (Lipinski definition) is 2. The second-order valence-electron chi connectivity index (χ2n) is 5.08. The molecule has 4 nitrogen and oxygen atoms in total. The van der Waals surface area contributed by atoms with Crippen molar-refractivity contribution in [3.8, 4) is 0 Å². The number of aliphatic imine (C=N–C) groups is 1. The molecule has 2 N–H and O–H groups in total. The molecule has 1 aliphatic heterocycles. The normalized spacial score (nSPS) is 15.4. The number of para-hydroxylation sites is 1. The molecule has 0 bridgehead atoms. The summed E-state index contributed by atoms with van der Waals surface area (Å²) in [7, 11) is 0. The van der Waals surface area contributed by atoms with Gasteiger partial charge in [-0.15, -0.1) is 0 Å². The van der Waals surface area contributed by atoms with Crippen molar-refractivity contribution in [2.75, 3.05) is 38.0 Å². The topological polar surface area (TPSA) is 39.7 Å². The Balaban J connectivity index is 1.70. The van der Waals surface area contributed by atoms with Crippen molar-refractivity contribution in [3.63, 3.8) is 0 Å². The largest absolute Gasteiger partial charge is 0.385 e. The first kappa shape index (κ1) is 14.7. The average molecular weight is 274 g/mol. The van der Waals surface area contributed by atoms with Gasteiger partial charge in [-0.1, -0.05) is 18.2 Å². The first-order valence-corrected chi connectivity index (χ1v) is 7.72. The van der Waals surface area contributed by atoms with Crippen molar-refractivity contribution < 1.29 is 0 Å². The number of nitrogens with one attached hydrogen (secondary N) is 2. The molecule has 0 amide bonds. The SMILES string of the molecule is CCNC(=NCCCNc1ccccc1)N1CCCC1. The van der Waals surface area contributed by atoms with Gasteiger partial charge < -0.3 is 15.5 Å². The molecule has 20 heavy (non-hydrogen) atoms. The van der Waals surface area contributed by atoms with Crippen LogP contribution in [-0.2, 0) is 0 Å². The Morgan fingerprint density at radius 3 is 2.65 bits per heavy atom. The molecule has 0 aromatic heterocycles. The lowest BCUT2D eigenvalue weighted by molar-refractivity contribution is 0.493. The van der Waals surface area contributed by atoms with Crippen LogP contribution in [0.2, 0.25) is 0 Å². The Bertz CT molecular complexity index is 396. The highest BCUT2D eigenvalue weighted by Gasteiger charge is 2.14. The number of hydrogen-bond acceptors (Lipinski definition) is 2. The first-order valence-electron chi connectivity index (χ1n) is 7.72. The van der Waals surface area contributed by atoms with Gasteiger partial charge in [-0.2, -0.15) is 0 Å². The fraction of sp³-hybridized carbons (Fsp3) is 0.562. The van der Waals surface area contributed by atoms with Crippen molar-refractivity contribution in [3.05, 3.63) is 30.3 Å². The molecule has 4 heteroatoms. The molecule has 0 atom stereocenters. The summed E-state index contributed by atoms with van der Waals surface area (Å²) in [6.07, 6.45) is 3.64. The number of likely N-dealkylation sites (tertiary alicyclic amines) is 1. The molecule has 0 saturated carbocycles. The van der Waals surface area contributed by atoms with Crippen LogP contribution in [0.1, 0.15) is 26.2 Å². The molecule has 1 heterocycles. The summed E-state index contributed by atoms with van der Waals surface area (Å²) < 4.78 is 0. The van der Waals surface area contributed by atoms with Crippen LogP contribution in [0.15, 0.2) is 35.3 Å². The zero-order valence-corrected chi connectivity index (χ0v) is 12.4. The number of rotatable bonds is 6. The van der Waals surface area contributed by atoms with Crippen molar-refractivity contribution in [2.24, 2.45) is 4.99 Å². The molecule has 0 radical (unpaired) electrons. The molecule has 1 aliphatic rings. The third-order valence-corrected chi connectivity index (χ3v) is 3.44. The van der Waals surface area contributed by atoms with E-state index in [1.165, 1.54) is 18.5 Å². The van der Waals surface area contributed by atoms with E-state index in [9.17, 15) is 0 Å². The minimum atomic E-state index is 0.874. The zero-order valence-electron chi connectivity index (χ0n) is 12.4. The standard InChI is InChI=1S/C16H26N4/c1-2-17-16(20-13-6-7-14-20)19-12-8-11-18-15-9-4-3-5-10-15/h3-5,9-10,18H,2,6-8,11-14H2,1H3,(H,17,19). The molecule has 0 spiro atoms. The predicted molar refractivity (Wildman–Crippen MR) is 86.3 cm³/mol. The van der Waals surface area contributed by atoms with E-state index < -0.39 is 0 Å². The van der Waals surface area contributed by atoms with Crippen molar-refractivity contribution in [1.29, 1.82) is 0 Å². The molecule has 1 aromatic carbocycles. The third-order valence-electron chi connectivity index (χ3n) is 3.44. The van der Waals surface area contributed by atoms with Crippen LogP contribution in [0, 0.1) is 0 Å². The average Bonchev–Trinajstić information content (AvgIpc) is 3.01. The van der Waals surface area contributed by atoms with E-state index in [1.54, 1.807) is 0 Å². The molecule has 110 valence electrons. The fourth-order valence-electron chi connectivity index (χ4n) is 2.41. The second kappa shape index (κ2) is 8.46.